The van der Waals surface area contributed by atoms with Gasteiger partial charge < -0.3 is 5.11 Å². The second kappa shape index (κ2) is 18.0. The fourth-order valence-electron chi connectivity index (χ4n) is 9.19. The van der Waals surface area contributed by atoms with Crippen LogP contribution in [0.1, 0.15) is 130 Å². The Morgan fingerprint density at radius 2 is 1.17 bits per heavy atom. The number of benzene rings is 6. The number of imidazole rings is 1. The largest absolute Gasteiger partial charge is 0.507 e. The standard InChI is InChI=1S/C60H62N3O.Pt/c1-58(2,3)47-34-45(33-46(35-47)53-36-44(31-32-61-53)40-19-14-11-15-20-40)50-21-16-22-54-55(50)62-57(51-37-48(59(4,5)6)38-52(56(51)64)60(7,8)9)63(54)49-29-27-43(28-30-49)42-25-23-41(24-26-42)39-17-12-10-13-18-39;/h10-22,27-32,34-38,41-42,64H,23-26H2,1-9H3;/q-1;/i41D,42D;. The molecule has 0 unspecified atom stereocenters. The van der Waals surface area contributed by atoms with Gasteiger partial charge in [0.1, 0.15) is 11.6 Å². The number of fused-ring (bicyclic) bond motifs is 1. The van der Waals surface area contributed by atoms with Gasteiger partial charge in [0.25, 0.3) is 0 Å². The van der Waals surface area contributed by atoms with Gasteiger partial charge in [0, 0.05) is 46.9 Å². The van der Waals surface area contributed by atoms with Gasteiger partial charge in [-0.2, -0.15) is 0 Å². The molecule has 0 atom stereocenters. The third kappa shape index (κ3) is 9.43. The van der Waals surface area contributed by atoms with Gasteiger partial charge in [-0.05, 0) is 112 Å². The van der Waals surface area contributed by atoms with Crippen LogP contribution < -0.4 is 0 Å². The van der Waals surface area contributed by atoms with Gasteiger partial charge in [0.2, 0.25) is 0 Å². The third-order valence-corrected chi connectivity index (χ3v) is 13.1. The quantitative estimate of drug-likeness (QED) is 0.162. The van der Waals surface area contributed by atoms with Crippen molar-refractivity contribution in [3.63, 3.8) is 0 Å². The molecule has 0 radical (unpaired) electrons. The van der Waals surface area contributed by atoms with Crippen LogP contribution in [0.3, 0.4) is 0 Å². The van der Waals surface area contributed by atoms with Gasteiger partial charge in [-0.25, -0.2) is 4.98 Å². The monoisotopic (exact) mass is 1040 g/mol. The van der Waals surface area contributed by atoms with Crippen LogP contribution in [0.4, 0.5) is 0 Å². The van der Waals surface area contributed by atoms with Crippen molar-refractivity contribution >= 4 is 11.0 Å². The zero-order valence-electron chi connectivity index (χ0n) is 41.3. The Morgan fingerprint density at radius 1 is 0.585 bits per heavy atom. The van der Waals surface area contributed by atoms with E-state index in [0.29, 0.717) is 37.1 Å². The van der Waals surface area contributed by atoms with E-state index in [2.05, 4.69) is 188 Å². The van der Waals surface area contributed by atoms with E-state index in [0.717, 1.165) is 78.0 Å². The van der Waals surface area contributed by atoms with Gasteiger partial charge in [-0.3, -0.25) is 9.55 Å². The molecule has 9 rings (SSSR count). The molecule has 1 fully saturated rings. The topological polar surface area (TPSA) is 50.9 Å². The molecular formula is C60H62N3OPt-. The molecule has 1 aliphatic rings. The minimum absolute atomic E-state index is 0. The maximum atomic E-state index is 12.4. The first-order chi connectivity index (χ1) is 31.2. The average Bonchev–Trinajstić information content (AvgIpc) is 3.69. The SMILES string of the molecule is [2H]C1(c2ccccc2)CCC([2H])(c2ccc(-n3c(-c4cc(C(C)(C)C)cc(C(C)(C)C)c4O)nc4c(-c5[c-]c(-c6cc(-c7ccccc7)ccn6)cc(C(C)(C)C)c5)cccc43)cc2)CC1.[Pt]. The summed E-state index contributed by atoms with van der Waals surface area (Å²) in [5.74, 6) is -0.615. The summed E-state index contributed by atoms with van der Waals surface area (Å²) in [5.41, 5.74) is 13.5. The van der Waals surface area contributed by atoms with Crippen molar-refractivity contribution in [1.82, 2.24) is 14.5 Å². The number of aromatic hydroxyl groups is 1. The Hall–Kier alpha value is -5.57. The van der Waals surface area contributed by atoms with E-state index in [1.807, 2.05) is 30.5 Å². The molecule has 8 aromatic rings. The number of phenols is 1. The number of phenolic OH excluding ortho intramolecular Hbond substituents is 1. The summed E-state index contributed by atoms with van der Waals surface area (Å²) in [6, 6.07) is 52.0. The molecule has 2 aromatic heterocycles. The van der Waals surface area contributed by atoms with E-state index in [1.165, 1.54) is 0 Å². The fourth-order valence-corrected chi connectivity index (χ4v) is 9.19. The van der Waals surface area contributed by atoms with Crippen LogP contribution in [-0.2, 0) is 37.3 Å². The van der Waals surface area contributed by atoms with Crippen LogP contribution in [0.5, 0.6) is 5.75 Å². The van der Waals surface area contributed by atoms with E-state index in [1.54, 1.807) is 0 Å². The number of hydrogen-bond donors (Lipinski definition) is 1. The molecule has 334 valence electrons. The molecular weight excluding hydrogens is 974 g/mol. The van der Waals surface area contributed by atoms with E-state index >= 15 is 0 Å². The maximum absolute atomic E-state index is 12.4. The fraction of sp³-hybridized carbons (Fsp3) is 0.300. The molecule has 65 heavy (non-hydrogen) atoms. The Bertz CT molecular complexity index is 3060. The van der Waals surface area contributed by atoms with Gasteiger partial charge >= 0.3 is 0 Å². The molecule has 0 aliphatic heterocycles. The molecule has 0 saturated heterocycles. The molecule has 0 spiro atoms. The van der Waals surface area contributed by atoms with Crippen molar-refractivity contribution in [2.24, 2.45) is 0 Å². The maximum Gasteiger partial charge on any atom is 0.148 e. The number of pyridine rings is 1. The van der Waals surface area contributed by atoms with Crippen LogP contribution >= 0.6 is 0 Å². The summed E-state index contributed by atoms with van der Waals surface area (Å²) in [7, 11) is 0. The summed E-state index contributed by atoms with van der Waals surface area (Å²) in [6.07, 6.45) is 4.35. The van der Waals surface area contributed by atoms with Gasteiger partial charge in [-0.1, -0.05) is 171 Å². The minimum atomic E-state index is -0.799. The van der Waals surface area contributed by atoms with E-state index in [9.17, 15) is 7.85 Å². The normalized spacial score (nSPS) is 18.5. The molecule has 1 N–H and O–H groups in total. The molecule has 1 saturated carbocycles. The zero-order valence-corrected chi connectivity index (χ0v) is 41.6. The molecule has 6 aromatic carbocycles. The van der Waals surface area contributed by atoms with Crippen LogP contribution in [0.15, 0.2) is 146 Å². The second-order valence-electron chi connectivity index (χ2n) is 20.7. The Kier molecular flexibility index (Phi) is 12.0. The van der Waals surface area contributed by atoms with E-state index in [-0.39, 0.29) is 43.1 Å². The predicted molar refractivity (Wildman–Crippen MR) is 268 cm³/mol. The van der Waals surface area contributed by atoms with E-state index < -0.39 is 11.8 Å². The Balaban J connectivity index is 0.00000608. The molecule has 1 aliphatic carbocycles. The van der Waals surface area contributed by atoms with E-state index in [4.69, 9.17) is 9.97 Å². The second-order valence-corrected chi connectivity index (χ2v) is 20.7. The van der Waals surface area contributed by atoms with Gasteiger partial charge in [0.05, 0.1) is 16.6 Å². The molecule has 4 nitrogen and oxygen atoms in total. The number of aromatic nitrogens is 3. The average molecular weight is 1040 g/mol. The van der Waals surface area contributed by atoms with Crippen LogP contribution in [0, 0.1) is 6.07 Å². The van der Waals surface area contributed by atoms with Crippen LogP contribution in [0.25, 0.3) is 61.6 Å². The number of nitrogens with zero attached hydrogens (tertiary/aromatic N) is 3. The van der Waals surface area contributed by atoms with Crippen molar-refractivity contribution in [3.05, 3.63) is 180 Å². The van der Waals surface area contributed by atoms with Crippen molar-refractivity contribution in [2.75, 3.05) is 0 Å². The first kappa shape index (κ1) is 43.3. The molecule has 5 heteroatoms. The number of hydrogen-bond acceptors (Lipinski definition) is 3. The smallest absolute Gasteiger partial charge is 0.148 e. The van der Waals surface area contributed by atoms with Crippen molar-refractivity contribution < 1.29 is 28.9 Å². The first-order valence-electron chi connectivity index (χ1n) is 23.9. The zero-order chi connectivity index (χ0) is 46.8. The summed E-state index contributed by atoms with van der Waals surface area (Å²) < 4.78 is 21.2. The van der Waals surface area contributed by atoms with Crippen molar-refractivity contribution in [3.8, 4) is 56.3 Å². The summed E-state index contributed by atoms with van der Waals surface area (Å²) in [4.78, 5) is 10.5. The molecule has 2 heterocycles. The van der Waals surface area contributed by atoms with Crippen LogP contribution in [0.2, 0.25) is 0 Å². The van der Waals surface area contributed by atoms with Crippen molar-refractivity contribution in [2.45, 2.75) is 116 Å². The summed E-state index contributed by atoms with van der Waals surface area (Å²) in [5, 5.41) is 12.4. The van der Waals surface area contributed by atoms with Gasteiger partial charge in [-0.15, -0.1) is 29.3 Å². The van der Waals surface area contributed by atoms with Crippen LogP contribution in [-0.4, -0.2) is 19.6 Å². The van der Waals surface area contributed by atoms with Gasteiger partial charge in [0.15, 0.2) is 0 Å². The summed E-state index contributed by atoms with van der Waals surface area (Å²) in [6.45, 7) is 19.8. The number of rotatable bonds is 7. The first-order valence-corrected chi connectivity index (χ1v) is 22.9. The van der Waals surface area contributed by atoms with Crippen molar-refractivity contribution in [1.29, 1.82) is 0 Å². The Labute approximate surface area is 404 Å². The minimum Gasteiger partial charge on any atom is -0.507 e. The molecule has 0 amide bonds. The number of para-hydroxylation sites is 1. The Morgan fingerprint density at radius 3 is 1.78 bits per heavy atom. The molecule has 0 bridgehead atoms. The third-order valence-electron chi connectivity index (χ3n) is 13.1. The predicted octanol–water partition coefficient (Wildman–Crippen LogP) is 15.9. The summed E-state index contributed by atoms with van der Waals surface area (Å²) >= 11 is 0.